The van der Waals surface area contributed by atoms with Gasteiger partial charge < -0.3 is 9.84 Å². The molecule has 0 aliphatic heterocycles. The number of esters is 1. The molecular weight excluding hydrogens is 519 g/mol. The summed E-state index contributed by atoms with van der Waals surface area (Å²) in [5.41, 5.74) is 0.622. The van der Waals surface area contributed by atoms with Gasteiger partial charge in [-0.25, -0.2) is 4.79 Å². The fourth-order valence-electron chi connectivity index (χ4n) is 6.80. The highest BCUT2D eigenvalue weighted by Crippen LogP contribution is 2.64. The minimum absolute atomic E-state index is 0.0216. The first-order valence-corrected chi connectivity index (χ1v) is 14.6. The van der Waals surface area contributed by atoms with Crippen LogP contribution in [0.25, 0.3) is 0 Å². The van der Waals surface area contributed by atoms with Gasteiger partial charge >= 0.3 is 5.97 Å². The summed E-state index contributed by atoms with van der Waals surface area (Å²) in [7, 11) is 0. The molecule has 210 valence electrons. The lowest BCUT2D eigenvalue weighted by Crippen LogP contribution is -2.61. The van der Waals surface area contributed by atoms with Crippen molar-refractivity contribution in [2.24, 2.45) is 40.4 Å². The maximum absolute atomic E-state index is 11.7. The van der Waals surface area contributed by atoms with Gasteiger partial charge in [0, 0.05) is 17.4 Å². The van der Waals surface area contributed by atoms with E-state index >= 15 is 0 Å². The normalized spacial score (nSPS) is 36.1. The van der Waals surface area contributed by atoms with E-state index in [0.29, 0.717) is 28.2 Å². The maximum Gasteiger partial charge on any atom is 0.333 e. The van der Waals surface area contributed by atoms with E-state index in [9.17, 15) is 14.7 Å². The molecule has 0 amide bonds. The Bertz CT molecular complexity index is 777. The van der Waals surface area contributed by atoms with Crippen molar-refractivity contribution >= 4 is 46.0 Å². The van der Waals surface area contributed by atoms with Crippen molar-refractivity contribution < 1.29 is 19.4 Å². The van der Waals surface area contributed by atoms with E-state index < -0.39 is 0 Å². The molecule has 0 saturated heterocycles. The average molecular weight is 568 g/mol. The van der Waals surface area contributed by atoms with Crippen molar-refractivity contribution in [3.63, 3.8) is 0 Å². The van der Waals surface area contributed by atoms with Gasteiger partial charge in [-0.3, -0.25) is 4.79 Å². The van der Waals surface area contributed by atoms with E-state index in [1.54, 1.807) is 20.8 Å². The number of alkyl halides is 2. The molecule has 36 heavy (non-hydrogen) atoms. The third-order valence-corrected chi connectivity index (χ3v) is 9.98. The zero-order chi connectivity index (χ0) is 28.3. The Kier molecular flexibility index (Phi) is 11.9. The number of rotatable bonds is 3. The lowest BCUT2D eigenvalue weighted by Gasteiger charge is -2.63. The Labute approximate surface area is 234 Å². The van der Waals surface area contributed by atoms with Gasteiger partial charge in [-0.1, -0.05) is 48.1 Å². The number of carbonyl (C=O) groups is 2. The number of hydrogen-bond donors (Lipinski definition) is 1. The Hall–Kier alpha value is -0.290. The van der Waals surface area contributed by atoms with Crippen LogP contribution in [0.4, 0.5) is 0 Å². The molecule has 0 spiro atoms. The second-order valence-electron chi connectivity index (χ2n) is 13.1. The molecule has 0 radical (unpaired) electrons. The Morgan fingerprint density at radius 2 is 1.33 bits per heavy atom. The van der Waals surface area contributed by atoms with Gasteiger partial charge in [0.25, 0.3) is 0 Å². The van der Waals surface area contributed by atoms with Gasteiger partial charge in [0.15, 0.2) is 0 Å². The van der Waals surface area contributed by atoms with Gasteiger partial charge in [0.1, 0.15) is 5.60 Å². The number of aliphatic hydroxyl groups is 1. The second kappa shape index (κ2) is 12.7. The standard InChI is InChI=1S/C14H22O2.C10H18O.C4H7ClO.CH2Cl2/c1-9(2)12(15)16-14(5)7-6-10-8-11(14)13(10,3)4;1-9(2)7-4-5-10(3,11)8(9)6-7;1-3(2)4(5)6;2-1-3/h10-11H,1,6-8H2,2-5H3;7-8,11H,4-6H2,1-3H3;3H,1-2H3;1H2. The first-order chi connectivity index (χ1) is 16.3. The maximum atomic E-state index is 11.7. The van der Waals surface area contributed by atoms with Crippen LogP contribution in [0.5, 0.6) is 0 Å². The minimum atomic E-state index is -0.363. The highest BCUT2D eigenvalue weighted by atomic mass is 35.5. The van der Waals surface area contributed by atoms with Crippen molar-refractivity contribution in [3.8, 4) is 0 Å². The van der Waals surface area contributed by atoms with E-state index in [0.717, 1.165) is 24.7 Å². The smallest absolute Gasteiger partial charge is 0.333 e. The fraction of sp³-hybridized carbons (Fsp3) is 0.862. The third kappa shape index (κ3) is 7.64. The summed E-state index contributed by atoms with van der Waals surface area (Å²) in [5, 5.41) is 9.94. The third-order valence-electron chi connectivity index (χ3n) is 9.55. The van der Waals surface area contributed by atoms with Crippen molar-refractivity contribution in [3.05, 3.63) is 12.2 Å². The zero-order valence-electron chi connectivity index (χ0n) is 23.8. The minimum Gasteiger partial charge on any atom is -0.456 e. The van der Waals surface area contributed by atoms with Crippen LogP contribution < -0.4 is 0 Å². The van der Waals surface area contributed by atoms with Crippen LogP contribution in [0.2, 0.25) is 0 Å². The average Bonchev–Trinajstić information content (AvgIpc) is 2.73. The van der Waals surface area contributed by atoms with Gasteiger partial charge in [0.2, 0.25) is 5.24 Å². The second-order valence-corrected chi connectivity index (χ2v) is 14.3. The molecule has 6 aliphatic rings. The van der Waals surface area contributed by atoms with Crippen LogP contribution in [0.1, 0.15) is 101 Å². The summed E-state index contributed by atoms with van der Waals surface area (Å²) >= 11 is 14.5. The highest BCUT2D eigenvalue weighted by Gasteiger charge is 2.61. The summed E-state index contributed by atoms with van der Waals surface area (Å²) in [6, 6.07) is 0. The number of hydrogen-bond acceptors (Lipinski definition) is 4. The van der Waals surface area contributed by atoms with Gasteiger partial charge in [-0.2, -0.15) is 0 Å². The van der Waals surface area contributed by atoms with Gasteiger partial charge in [0.05, 0.1) is 10.9 Å². The highest BCUT2D eigenvalue weighted by molar-refractivity contribution is 6.63. The Morgan fingerprint density at radius 3 is 1.58 bits per heavy atom. The first-order valence-electron chi connectivity index (χ1n) is 13.2. The van der Waals surface area contributed by atoms with E-state index in [4.69, 9.17) is 39.5 Å². The number of halogens is 3. The van der Waals surface area contributed by atoms with E-state index in [2.05, 4.69) is 41.2 Å². The molecule has 6 saturated carbocycles. The van der Waals surface area contributed by atoms with Crippen LogP contribution in [0, 0.1) is 40.4 Å². The molecule has 0 heterocycles. The summed E-state index contributed by atoms with van der Waals surface area (Å²) in [4.78, 5) is 21.6. The monoisotopic (exact) mass is 566 g/mol. The lowest BCUT2D eigenvalue weighted by atomic mass is 9.44. The van der Waals surface area contributed by atoms with Gasteiger partial charge in [-0.05, 0) is 99.5 Å². The number of fused-ring (bicyclic) bond motifs is 4. The molecule has 0 aromatic rings. The number of ether oxygens (including phenoxy) is 1. The predicted octanol–water partition coefficient (Wildman–Crippen LogP) is 8.34. The lowest BCUT2D eigenvalue weighted by molar-refractivity contribution is -0.215. The quantitative estimate of drug-likeness (QED) is 0.161. The fourth-order valence-corrected chi connectivity index (χ4v) is 6.80. The van der Waals surface area contributed by atoms with Gasteiger partial charge in [-0.15, -0.1) is 23.2 Å². The number of carbonyl (C=O) groups excluding carboxylic acids is 2. The van der Waals surface area contributed by atoms with Crippen LogP contribution in [-0.4, -0.2) is 32.9 Å². The summed E-state index contributed by atoms with van der Waals surface area (Å²) in [6.45, 7) is 22.2. The SMILES string of the molecule is C=C(C)C(=O)OC1(C)CCC2CC1C2(C)C.CC(C)C(=O)Cl.CC1(O)CCC2CC1C2(C)C.ClCCl. The van der Waals surface area contributed by atoms with E-state index in [1.807, 2.05) is 6.92 Å². The van der Waals surface area contributed by atoms with Crippen molar-refractivity contribution in [2.45, 2.75) is 112 Å². The molecule has 1 N–H and O–H groups in total. The van der Waals surface area contributed by atoms with Crippen molar-refractivity contribution in [1.82, 2.24) is 0 Å². The first kappa shape index (κ1) is 33.7. The van der Waals surface area contributed by atoms with E-state index in [-0.39, 0.29) is 33.7 Å². The summed E-state index contributed by atoms with van der Waals surface area (Å²) in [5.74, 6) is 2.55. The molecule has 0 aromatic carbocycles. The zero-order valence-corrected chi connectivity index (χ0v) is 26.1. The molecule has 4 nitrogen and oxygen atoms in total. The molecule has 6 aliphatic carbocycles. The van der Waals surface area contributed by atoms with Crippen molar-refractivity contribution in [2.75, 3.05) is 5.34 Å². The topological polar surface area (TPSA) is 63.6 Å². The Morgan fingerprint density at radius 1 is 0.944 bits per heavy atom. The van der Waals surface area contributed by atoms with Crippen LogP contribution in [0.3, 0.4) is 0 Å². The van der Waals surface area contributed by atoms with E-state index in [1.165, 1.54) is 25.7 Å². The summed E-state index contributed by atoms with van der Waals surface area (Å²) in [6.07, 6.45) is 6.92. The van der Waals surface area contributed by atoms with Crippen LogP contribution in [0.15, 0.2) is 12.2 Å². The molecule has 6 atom stereocenters. The largest absolute Gasteiger partial charge is 0.456 e. The summed E-state index contributed by atoms with van der Waals surface area (Å²) < 4.78 is 5.69. The molecular formula is C29H49Cl3O4. The van der Waals surface area contributed by atoms with Crippen LogP contribution in [-0.2, 0) is 14.3 Å². The van der Waals surface area contributed by atoms with Crippen LogP contribution >= 0.6 is 34.8 Å². The molecule has 6 rings (SSSR count). The molecule has 4 bridgehead atoms. The van der Waals surface area contributed by atoms with Crippen molar-refractivity contribution in [1.29, 1.82) is 0 Å². The molecule has 6 fully saturated rings. The molecule has 6 unspecified atom stereocenters. The molecule has 0 aromatic heterocycles. The Balaban J connectivity index is 0.000000280. The predicted molar refractivity (Wildman–Crippen MR) is 151 cm³/mol. The molecule has 7 heteroatoms.